The topological polar surface area (TPSA) is 79.0 Å². The number of para-hydroxylation sites is 1. The van der Waals surface area contributed by atoms with Gasteiger partial charge in [-0.1, -0.05) is 60.7 Å². The van der Waals surface area contributed by atoms with Crippen LogP contribution in [0.2, 0.25) is 0 Å². The summed E-state index contributed by atoms with van der Waals surface area (Å²) in [5.74, 6) is -0.431. The maximum absolute atomic E-state index is 12.2. The Morgan fingerprint density at radius 3 is 2.57 bits per heavy atom. The largest absolute Gasteiger partial charge is 0.493 e. The Hall–Kier alpha value is -3.93. The van der Waals surface area contributed by atoms with Crippen molar-refractivity contribution in [2.75, 3.05) is 11.9 Å². The number of fused-ring (bicyclic) bond motifs is 1. The summed E-state index contributed by atoms with van der Waals surface area (Å²) in [7, 11) is 0. The second kappa shape index (κ2) is 8.61. The van der Waals surface area contributed by atoms with Gasteiger partial charge in [-0.2, -0.15) is 0 Å². The summed E-state index contributed by atoms with van der Waals surface area (Å²) in [5, 5.41) is 22.5. The van der Waals surface area contributed by atoms with Crippen molar-refractivity contribution in [3.05, 3.63) is 90.0 Å². The molecule has 0 radical (unpaired) electrons. The second-order valence-electron chi connectivity index (χ2n) is 7.08. The predicted molar refractivity (Wildman–Crippen MR) is 118 cm³/mol. The van der Waals surface area contributed by atoms with E-state index in [1.807, 2.05) is 85.8 Å². The lowest BCUT2D eigenvalue weighted by Gasteiger charge is -2.06. The number of aryl methyl sites for hydroxylation is 1. The van der Waals surface area contributed by atoms with Gasteiger partial charge in [0.1, 0.15) is 0 Å². The van der Waals surface area contributed by atoms with E-state index in [2.05, 4.69) is 15.5 Å². The molecule has 30 heavy (non-hydrogen) atoms. The van der Waals surface area contributed by atoms with Crippen LogP contribution in [0.25, 0.3) is 10.9 Å². The molecule has 0 aliphatic rings. The lowest BCUT2D eigenvalue weighted by atomic mass is 10.2. The highest BCUT2D eigenvalue weighted by molar-refractivity contribution is 5.95. The summed E-state index contributed by atoms with van der Waals surface area (Å²) in [6.45, 7) is 2.50. The molecule has 6 heteroatoms. The first-order valence-corrected chi connectivity index (χ1v) is 9.71. The zero-order chi connectivity index (χ0) is 20.9. The average Bonchev–Trinajstić information content (AvgIpc) is 3.03. The molecule has 0 fully saturated rings. The van der Waals surface area contributed by atoms with Gasteiger partial charge in [-0.15, -0.1) is 10.2 Å². The fraction of sp³-hybridized carbons (Fsp3) is 0.125. The van der Waals surface area contributed by atoms with Gasteiger partial charge in [0.15, 0.2) is 5.69 Å². The molecule has 0 spiro atoms. The number of hydrogen-bond acceptors (Lipinski definition) is 4. The number of amides is 1. The Kier molecular flexibility index (Phi) is 5.57. The van der Waals surface area contributed by atoms with E-state index in [0.29, 0.717) is 12.2 Å². The number of aromatic nitrogens is 1. The molecule has 150 valence electrons. The quantitative estimate of drug-likeness (QED) is 0.425. The SMILES string of the molecule is Cc1cccc(NCC(=O)N=Nc2c(O)n(Cc3ccccc3)c3ccccc23)c1. The van der Waals surface area contributed by atoms with Crippen molar-refractivity contribution in [2.24, 2.45) is 10.2 Å². The standard InChI is InChI=1S/C24H22N4O2/c1-17-8-7-11-19(14-17)25-15-22(29)26-27-23-20-12-5-6-13-21(20)28(24(23)30)16-18-9-3-2-4-10-18/h2-14,25,30H,15-16H2,1H3. The first-order chi connectivity index (χ1) is 14.6. The van der Waals surface area contributed by atoms with Gasteiger partial charge in [-0.05, 0) is 36.2 Å². The normalized spacial score (nSPS) is 11.2. The molecule has 0 saturated carbocycles. The number of carbonyl (C=O) groups excluding carboxylic acids is 1. The Labute approximate surface area is 174 Å². The van der Waals surface area contributed by atoms with Crippen LogP contribution in [0.4, 0.5) is 11.4 Å². The smallest absolute Gasteiger partial charge is 0.283 e. The molecule has 2 N–H and O–H groups in total. The Morgan fingerprint density at radius 1 is 1.00 bits per heavy atom. The number of rotatable bonds is 6. The summed E-state index contributed by atoms with van der Waals surface area (Å²) >= 11 is 0. The van der Waals surface area contributed by atoms with E-state index in [-0.39, 0.29) is 12.4 Å². The zero-order valence-corrected chi connectivity index (χ0v) is 16.6. The summed E-state index contributed by atoms with van der Waals surface area (Å²) in [6, 6.07) is 25.2. The maximum atomic E-state index is 12.2. The fourth-order valence-corrected chi connectivity index (χ4v) is 3.37. The third kappa shape index (κ3) is 4.22. The van der Waals surface area contributed by atoms with Crippen LogP contribution < -0.4 is 5.32 Å². The minimum Gasteiger partial charge on any atom is -0.493 e. The van der Waals surface area contributed by atoms with Crippen LogP contribution in [0, 0.1) is 6.92 Å². The van der Waals surface area contributed by atoms with Crippen molar-refractivity contribution < 1.29 is 9.90 Å². The predicted octanol–water partition coefficient (Wildman–Crippen LogP) is 5.43. The van der Waals surface area contributed by atoms with E-state index in [9.17, 15) is 9.90 Å². The molecule has 1 amide bonds. The van der Waals surface area contributed by atoms with E-state index in [0.717, 1.165) is 27.7 Å². The van der Waals surface area contributed by atoms with Crippen molar-refractivity contribution in [2.45, 2.75) is 13.5 Å². The highest BCUT2D eigenvalue weighted by atomic mass is 16.3. The van der Waals surface area contributed by atoms with E-state index >= 15 is 0 Å². The first kappa shape index (κ1) is 19.4. The molecule has 3 aromatic carbocycles. The lowest BCUT2D eigenvalue weighted by molar-refractivity contribution is -0.116. The lowest BCUT2D eigenvalue weighted by Crippen LogP contribution is -2.10. The first-order valence-electron chi connectivity index (χ1n) is 9.71. The van der Waals surface area contributed by atoms with Gasteiger partial charge in [0, 0.05) is 11.1 Å². The number of carbonyl (C=O) groups is 1. The summed E-state index contributed by atoms with van der Waals surface area (Å²) in [5.41, 5.74) is 4.13. The average molecular weight is 398 g/mol. The van der Waals surface area contributed by atoms with Gasteiger partial charge in [0.25, 0.3) is 5.91 Å². The molecular formula is C24H22N4O2. The molecule has 1 heterocycles. The third-order valence-corrected chi connectivity index (χ3v) is 4.82. The number of nitrogens with one attached hydrogen (secondary N) is 1. The third-order valence-electron chi connectivity index (χ3n) is 4.82. The summed E-state index contributed by atoms with van der Waals surface area (Å²) in [4.78, 5) is 12.2. The van der Waals surface area contributed by atoms with Gasteiger partial charge >= 0.3 is 0 Å². The molecule has 0 aliphatic heterocycles. The van der Waals surface area contributed by atoms with Gasteiger partial charge in [0.2, 0.25) is 5.88 Å². The number of aromatic hydroxyl groups is 1. The van der Waals surface area contributed by atoms with Gasteiger partial charge in [0.05, 0.1) is 18.6 Å². The molecular weight excluding hydrogens is 376 g/mol. The molecule has 6 nitrogen and oxygen atoms in total. The highest BCUT2D eigenvalue weighted by Gasteiger charge is 2.17. The van der Waals surface area contributed by atoms with Crippen LogP contribution in [0.1, 0.15) is 11.1 Å². The summed E-state index contributed by atoms with van der Waals surface area (Å²) in [6.07, 6.45) is 0. The van der Waals surface area contributed by atoms with E-state index in [1.165, 1.54) is 0 Å². The van der Waals surface area contributed by atoms with Crippen molar-refractivity contribution in [1.82, 2.24) is 4.57 Å². The van der Waals surface area contributed by atoms with Crippen molar-refractivity contribution >= 4 is 28.2 Å². The number of azo groups is 1. The van der Waals surface area contributed by atoms with Crippen LogP contribution in [-0.2, 0) is 11.3 Å². The minimum absolute atomic E-state index is 0.0109. The molecule has 4 rings (SSSR count). The fourth-order valence-electron chi connectivity index (χ4n) is 3.37. The summed E-state index contributed by atoms with van der Waals surface area (Å²) < 4.78 is 1.77. The zero-order valence-electron chi connectivity index (χ0n) is 16.6. The maximum Gasteiger partial charge on any atom is 0.283 e. The number of anilines is 1. The van der Waals surface area contributed by atoms with Crippen LogP contribution >= 0.6 is 0 Å². The number of benzene rings is 3. The molecule has 0 atom stereocenters. The number of nitrogens with zero attached hydrogens (tertiary/aromatic N) is 3. The van der Waals surface area contributed by atoms with Gasteiger partial charge in [-0.3, -0.25) is 4.79 Å². The second-order valence-corrected chi connectivity index (χ2v) is 7.08. The van der Waals surface area contributed by atoms with Gasteiger partial charge in [-0.25, -0.2) is 0 Å². The molecule has 0 unspecified atom stereocenters. The molecule has 0 saturated heterocycles. The highest BCUT2D eigenvalue weighted by Crippen LogP contribution is 2.39. The van der Waals surface area contributed by atoms with Crippen LogP contribution in [-0.4, -0.2) is 22.1 Å². The minimum atomic E-state index is -0.421. The molecule has 4 aromatic rings. The Balaban J connectivity index is 1.56. The van der Waals surface area contributed by atoms with Gasteiger partial charge < -0.3 is 15.0 Å². The van der Waals surface area contributed by atoms with E-state index in [1.54, 1.807) is 4.57 Å². The Morgan fingerprint density at radius 2 is 1.77 bits per heavy atom. The molecule has 1 aromatic heterocycles. The Bertz CT molecular complexity index is 1210. The van der Waals surface area contributed by atoms with Crippen molar-refractivity contribution in [3.8, 4) is 5.88 Å². The molecule has 0 aliphatic carbocycles. The number of hydrogen-bond donors (Lipinski definition) is 2. The van der Waals surface area contributed by atoms with E-state index < -0.39 is 5.91 Å². The van der Waals surface area contributed by atoms with Crippen molar-refractivity contribution in [3.63, 3.8) is 0 Å². The van der Waals surface area contributed by atoms with Crippen LogP contribution in [0.5, 0.6) is 5.88 Å². The van der Waals surface area contributed by atoms with Crippen LogP contribution in [0.3, 0.4) is 0 Å². The monoisotopic (exact) mass is 398 g/mol. The molecule has 0 bridgehead atoms. The van der Waals surface area contributed by atoms with Crippen molar-refractivity contribution in [1.29, 1.82) is 0 Å². The van der Waals surface area contributed by atoms with E-state index in [4.69, 9.17) is 0 Å². The van der Waals surface area contributed by atoms with Crippen LogP contribution in [0.15, 0.2) is 89.1 Å².